The molecule has 1 aliphatic carbocycles. The van der Waals surface area contributed by atoms with Crippen molar-refractivity contribution in [2.24, 2.45) is 5.92 Å². The second kappa shape index (κ2) is 5.03. The van der Waals surface area contributed by atoms with Crippen LogP contribution in [0.5, 0.6) is 0 Å². The molecule has 7 heteroatoms. The van der Waals surface area contributed by atoms with E-state index in [1.807, 2.05) is 6.92 Å². The topological polar surface area (TPSA) is 85.1 Å². The van der Waals surface area contributed by atoms with Gasteiger partial charge >= 0.3 is 0 Å². The minimum absolute atomic E-state index is 0.0457. The highest BCUT2D eigenvalue weighted by Gasteiger charge is 2.26. The predicted octanol–water partition coefficient (Wildman–Crippen LogP) is 1.78. The van der Waals surface area contributed by atoms with Crippen molar-refractivity contribution < 1.29 is 8.42 Å². The van der Waals surface area contributed by atoms with E-state index in [2.05, 4.69) is 9.71 Å². The first kappa shape index (κ1) is 13.6. The van der Waals surface area contributed by atoms with Crippen LogP contribution in [0.3, 0.4) is 0 Å². The number of hydrogen-bond donors (Lipinski definition) is 2. The monoisotopic (exact) mass is 289 g/mol. The molecular weight excluding hydrogens is 274 g/mol. The Bertz CT molecular complexity index is 543. The summed E-state index contributed by atoms with van der Waals surface area (Å²) < 4.78 is 26.7. The van der Waals surface area contributed by atoms with Gasteiger partial charge in [0, 0.05) is 12.2 Å². The number of sulfonamides is 1. The third kappa shape index (κ3) is 3.34. The molecule has 1 aliphatic rings. The number of nitrogens with two attached hydrogens (primary N) is 1. The van der Waals surface area contributed by atoms with Crippen LogP contribution in [0.2, 0.25) is 5.02 Å². The van der Waals surface area contributed by atoms with Gasteiger partial charge in [0.15, 0.2) is 0 Å². The quantitative estimate of drug-likeness (QED) is 0.865. The average molecular weight is 290 g/mol. The first-order chi connectivity index (χ1) is 8.38. The molecule has 5 nitrogen and oxygen atoms in total. The number of rotatable bonds is 5. The Hall–Kier alpha value is -0.850. The first-order valence-corrected chi connectivity index (χ1v) is 7.68. The molecule has 1 heterocycles. The van der Waals surface area contributed by atoms with Crippen molar-refractivity contribution in [3.63, 3.8) is 0 Å². The van der Waals surface area contributed by atoms with Gasteiger partial charge in [-0.25, -0.2) is 18.1 Å². The molecule has 1 aromatic heterocycles. The zero-order valence-electron chi connectivity index (χ0n) is 10.1. The standard InChI is InChI=1S/C11H16ClN3O2S/c1-7(4-8-2-3-8)15-18(16,17)9-5-10(12)11(13)14-6-9/h5-8,15H,2-4H2,1H3,(H2,13,14). The molecule has 0 spiro atoms. The number of hydrogen-bond acceptors (Lipinski definition) is 4. The highest BCUT2D eigenvalue weighted by molar-refractivity contribution is 7.89. The Balaban J connectivity index is 2.11. The van der Waals surface area contributed by atoms with Gasteiger partial charge in [-0.2, -0.15) is 0 Å². The van der Waals surface area contributed by atoms with E-state index in [0.29, 0.717) is 5.92 Å². The maximum atomic E-state index is 12.1. The van der Waals surface area contributed by atoms with Crippen LogP contribution in [-0.4, -0.2) is 19.4 Å². The van der Waals surface area contributed by atoms with Crippen molar-refractivity contribution in [2.75, 3.05) is 5.73 Å². The lowest BCUT2D eigenvalue weighted by Gasteiger charge is -2.13. The van der Waals surface area contributed by atoms with Gasteiger partial charge in [-0.1, -0.05) is 24.4 Å². The molecule has 0 saturated heterocycles. The molecule has 0 amide bonds. The van der Waals surface area contributed by atoms with Crippen LogP contribution in [-0.2, 0) is 10.0 Å². The summed E-state index contributed by atoms with van der Waals surface area (Å²) in [5, 5.41) is 0.146. The summed E-state index contributed by atoms with van der Waals surface area (Å²) in [6.07, 6.45) is 4.48. The minimum Gasteiger partial charge on any atom is -0.382 e. The smallest absolute Gasteiger partial charge is 0.242 e. The van der Waals surface area contributed by atoms with Crippen molar-refractivity contribution in [1.82, 2.24) is 9.71 Å². The molecule has 1 fully saturated rings. The number of pyridine rings is 1. The Morgan fingerprint density at radius 2 is 2.28 bits per heavy atom. The first-order valence-electron chi connectivity index (χ1n) is 5.82. The Labute approximate surface area is 112 Å². The molecule has 1 saturated carbocycles. The predicted molar refractivity (Wildman–Crippen MR) is 70.8 cm³/mol. The zero-order chi connectivity index (χ0) is 13.3. The lowest BCUT2D eigenvalue weighted by atomic mass is 10.2. The van der Waals surface area contributed by atoms with E-state index in [4.69, 9.17) is 17.3 Å². The van der Waals surface area contributed by atoms with Gasteiger partial charge in [-0.05, 0) is 25.3 Å². The number of nitrogens with one attached hydrogen (secondary N) is 1. The van der Waals surface area contributed by atoms with Gasteiger partial charge in [0.1, 0.15) is 10.7 Å². The normalized spacial score (nSPS) is 17.7. The van der Waals surface area contributed by atoms with Crippen molar-refractivity contribution in [3.05, 3.63) is 17.3 Å². The zero-order valence-corrected chi connectivity index (χ0v) is 11.6. The third-order valence-electron chi connectivity index (χ3n) is 2.89. The summed E-state index contributed by atoms with van der Waals surface area (Å²) in [6.45, 7) is 1.86. The van der Waals surface area contributed by atoms with Crippen LogP contribution in [0.4, 0.5) is 5.82 Å². The highest BCUT2D eigenvalue weighted by Crippen LogP contribution is 2.33. The van der Waals surface area contributed by atoms with Gasteiger partial charge in [0.2, 0.25) is 10.0 Å². The summed E-state index contributed by atoms with van der Waals surface area (Å²) in [4.78, 5) is 3.80. The van der Waals surface area contributed by atoms with Gasteiger partial charge in [0.25, 0.3) is 0 Å². The Morgan fingerprint density at radius 3 is 2.83 bits per heavy atom. The fourth-order valence-electron chi connectivity index (χ4n) is 1.81. The van der Waals surface area contributed by atoms with Crippen LogP contribution >= 0.6 is 11.6 Å². The second-order valence-electron chi connectivity index (χ2n) is 4.74. The summed E-state index contributed by atoms with van der Waals surface area (Å²) >= 11 is 5.77. The average Bonchev–Trinajstić information content (AvgIpc) is 3.04. The van der Waals surface area contributed by atoms with Crippen LogP contribution in [0.15, 0.2) is 17.2 Å². The maximum Gasteiger partial charge on any atom is 0.242 e. The van der Waals surface area contributed by atoms with E-state index < -0.39 is 10.0 Å². The molecule has 1 unspecified atom stereocenters. The Morgan fingerprint density at radius 1 is 1.61 bits per heavy atom. The maximum absolute atomic E-state index is 12.1. The lowest BCUT2D eigenvalue weighted by Crippen LogP contribution is -2.33. The number of nitrogen functional groups attached to an aromatic ring is 1. The van der Waals surface area contributed by atoms with Gasteiger partial charge in [-0.15, -0.1) is 0 Å². The van der Waals surface area contributed by atoms with E-state index in [0.717, 1.165) is 6.42 Å². The fourth-order valence-corrected chi connectivity index (χ4v) is 3.27. The molecule has 0 aliphatic heterocycles. The number of anilines is 1. The molecule has 100 valence electrons. The molecule has 3 N–H and O–H groups in total. The van der Waals surface area contributed by atoms with Crippen LogP contribution < -0.4 is 10.5 Å². The van der Waals surface area contributed by atoms with Crippen LogP contribution in [0, 0.1) is 5.92 Å². The number of halogens is 1. The fraction of sp³-hybridized carbons (Fsp3) is 0.545. The van der Waals surface area contributed by atoms with Crippen molar-refractivity contribution in [3.8, 4) is 0 Å². The van der Waals surface area contributed by atoms with Gasteiger partial charge < -0.3 is 5.73 Å². The number of aromatic nitrogens is 1. The molecule has 18 heavy (non-hydrogen) atoms. The molecular formula is C11H16ClN3O2S. The van der Waals surface area contributed by atoms with E-state index in [1.54, 1.807) is 0 Å². The van der Waals surface area contributed by atoms with E-state index in [1.165, 1.54) is 25.1 Å². The van der Waals surface area contributed by atoms with Crippen molar-refractivity contribution >= 4 is 27.4 Å². The van der Waals surface area contributed by atoms with Crippen molar-refractivity contribution in [2.45, 2.75) is 37.1 Å². The summed E-state index contributed by atoms with van der Waals surface area (Å²) in [6, 6.07) is 1.23. The summed E-state index contributed by atoms with van der Waals surface area (Å²) in [5.74, 6) is 0.789. The second-order valence-corrected chi connectivity index (χ2v) is 6.86. The summed E-state index contributed by atoms with van der Waals surface area (Å²) in [5.41, 5.74) is 5.45. The van der Waals surface area contributed by atoms with E-state index in [-0.39, 0.29) is 21.8 Å². The van der Waals surface area contributed by atoms with Crippen LogP contribution in [0.1, 0.15) is 26.2 Å². The van der Waals surface area contributed by atoms with E-state index in [9.17, 15) is 8.42 Å². The molecule has 1 atom stereocenters. The third-order valence-corrected chi connectivity index (χ3v) is 4.75. The highest BCUT2D eigenvalue weighted by atomic mass is 35.5. The van der Waals surface area contributed by atoms with Crippen molar-refractivity contribution in [1.29, 1.82) is 0 Å². The molecule has 0 aromatic carbocycles. The largest absolute Gasteiger partial charge is 0.382 e. The number of nitrogens with zero attached hydrogens (tertiary/aromatic N) is 1. The molecule has 0 bridgehead atoms. The van der Waals surface area contributed by atoms with Gasteiger partial charge in [0.05, 0.1) is 5.02 Å². The molecule has 0 radical (unpaired) electrons. The summed E-state index contributed by atoms with van der Waals surface area (Å²) in [7, 11) is -3.57. The molecule has 1 aromatic rings. The van der Waals surface area contributed by atoms with Gasteiger partial charge in [-0.3, -0.25) is 0 Å². The SMILES string of the molecule is CC(CC1CC1)NS(=O)(=O)c1cnc(N)c(Cl)c1. The lowest BCUT2D eigenvalue weighted by molar-refractivity contribution is 0.529. The van der Waals surface area contributed by atoms with Crippen LogP contribution in [0.25, 0.3) is 0 Å². The molecule has 2 rings (SSSR count). The minimum atomic E-state index is -3.57. The van der Waals surface area contributed by atoms with E-state index >= 15 is 0 Å². The Kier molecular flexibility index (Phi) is 3.79.